The van der Waals surface area contributed by atoms with E-state index < -0.39 is 10.0 Å². The lowest BCUT2D eigenvalue weighted by molar-refractivity contribution is 0.398. The molecule has 0 aliphatic heterocycles. The molecule has 0 saturated heterocycles. The summed E-state index contributed by atoms with van der Waals surface area (Å²) in [5.41, 5.74) is 4.33. The van der Waals surface area contributed by atoms with E-state index in [1.54, 1.807) is 35.4 Å². The number of hydrogen-bond donors (Lipinski definition) is 1. The monoisotopic (exact) mass is 606 g/mol. The number of benzene rings is 4. The van der Waals surface area contributed by atoms with Gasteiger partial charge in [0.25, 0.3) is 0 Å². The van der Waals surface area contributed by atoms with E-state index in [1.807, 2.05) is 72.8 Å². The van der Waals surface area contributed by atoms with Gasteiger partial charge in [-0.1, -0.05) is 48.5 Å². The van der Waals surface area contributed by atoms with Gasteiger partial charge in [-0.15, -0.1) is 0 Å². The van der Waals surface area contributed by atoms with Gasteiger partial charge in [0, 0.05) is 26.2 Å². The predicted molar refractivity (Wildman–Crippen MR) is 171 cm³/mol. The van der Waals surface area contributed by atoms with Gasteiger partial charge in [-0.25, -0.2) is 8.42 Å². The Labute approximate surface area is 256 Å². The molecule has 0 aromatic heterocycles. The molecule has 0 saturated carbocycles. The quantitative estimate of drug-likeness (QED) is 0.187. The molecule has 0 atom stereocenters. The second-order valence-electron chi connectivity index (χ2n) is 9.66. The third-order valence-corrected chi connectivity index (χ3v) is 8.55. The number of rotatable bonds is 14. The molecule has 0 bridgehead atoms. The molecule has 0 amide bonds. The molecule has 230 valence electrons. The van der Waals surface area contributed by atoms with Crippen LogP contribution in [0.2, 0.25) is 0 Å². The maximum Gasteiger partial charge on any atom is 0.214 e. The summed E-state index contributed by atoms with van der Waals surface area (Å²) in [6.07, 6.45) is 0. The van der Waals surface area contributed by atoms with Crippen LogP contribution in [0.15, 0.2) is 97.1 Å². The number of nitrogens with zero attached hydrogens (tertiary/aromatic N) is 1. The molecule has 0 fully saturated rings. The van der Waals surface area contributed by atoms with Gasteiger partial charge in [0.05, 0.1) is 34.2 Å². The summed E-state index contributed by atoms with van der Waals surface area (Å²) in [5.74, 6) is 3.34. The van der Waals surface area contributed by atoms with Crippen LogP contribution in [0.25, 0.3) is 0 Å². The number of hydrogen-bond acceptors (Lipinski definition) is 7. The Morgan fingerprint density at radius 2 is 0.791 bits per heavy atom. The number of nitrogens with one attached hydrogen (secondary N) is 1. The summed E-state index contributed by atoms with van der Waals surface area (Å²) in [6.45, 7) is 3.99. The van der Waals surface area contributed by atoms with Gasteiger partial charge in [0.1, 0.15) is 23.0 Å². The molecule has 4 aromatic rings. The van der Waals surface area contributed by atoms with Crippen molar-refractivity contribution in [2.24, 2.45) is 0 Å². The maximum atomic E-state index is 12.4. The van der Waals surface area contributed by atoms with Gasteiger partial charge in [0.2, 0.25) is 10.0 Å². The van der Waals surface area contributed by atoms with Gasteiger partial charge in [0.15, 0.2) is 0 Å². The van der Waals surface area contributed by atoms with Crippen LogP contribution in [0, 0.1) is 0 Å². The molecule has 0 radical (unpaired) electrons. The van der Waals surface area contributed by atoms with Crippen molar-refractivity contribution in [3.05, 3.63) is 119 Å². The van der Waals surface area contributed by atoms with Crippen LogP contribution in [0.4, 0.5) is 0 Å². The fourth-order valence-electron chi connectivity index (χ4n) is 4.14. The van der Waals surface area contributed by atoms with Crippen molar-refractivity contribution in [2.75, 3.05) is 34.2 Å². The first-order valence-electron chi connectivity index (χ1n) is 14.0. The molecule has 0 aliphatic rings. The van der Waals surface area contributed by atoms with Gasteiger partial charge in [-0.3, -0.25) is 0 Å². The Morgan fingerprint density at radius 1 is 0.512 bits per heavy atom. The highest BCUT2D eigenvalue weighted by atomic mass is 32.2. The minimum Gasteiger partial charge on any atom is -0.497 e. The number of sulfonamides is 1. The second kappa shape index (κ2) is 17.2. The summed E-state index contributed by atoms with van der Waals surface area (Å²) >= 11 is 0. The SMILES string of the molecule is CCS(=O)(=O)N(Cc1ccc(OC)cc1)Cc1ccc(OC)cc1.COc1ccc(CNCc2ccc(OC)cc2)cc1. The van der Waals surface area contributed by atoms with E-state index in [0.29, 0.717) is 13.1 Å². The summed E-state index contributed by atoms with van der Waals surface area (Å²) in [5, 5.41) is 3.41. The van der Waals surface area contributed by atoms with Crippen molar-refractivity contribution < 1.29 is 27.4 Å². The van der Waals surface area contributed by atoms with E-state index in [4.69, 9.17) is 18.9 Å². The predicted octanol–water partition coefficient (Wildman–Crippen LogP) is 6.05. The first-order valence-corrected chi connectivity index (χ1v) is 15.6. The first kappa shape index (κ1) is 33.5. The molecule has 0 heterocycles. The number of methoxy groups -OCH3 is 4. The molecule has 4 rings (SSSR count). The summed E-state index contributed by atoms with van der Waals surface area (Å²) < 4.78 is 46.9. The standard InChI is InChI=1S/C18H23NO4S.C16H19NO2/c1-4-24(20,21)19(13-15-5-9-17(22-2)10-6-15)14-16-7-11-18(23-3)12-8-16;1-18-15-7-3-13(4-8-15)11-17-12-14-5-9-16(19-2)10-6-14/h5-12H,4,13-14H2,1-3H3;3-10,17H,11-12H2,1-2H3. The van der Waals surface area contributed by atoms with Gasteiger partial charge >= 0.3 is 0 Å². The fraction of sp³-hybridized carbons (Fsp3) is 0.294. The van der Waals surface area contributed by atoms with E-state index in [9.17, 15) is 8.42 Å². The largest absolute Gasteiger partial charge is 0.497 e. The van der Waals surface area contributed by atoms with E-state index in [1.165, 1.54) is 15.4 Å². The molecule has 9 heteroatoms. The minimum atomic E-state index is -3.32. The van der Waals surface area contributed by atoms with Crippen molar-refractivity contribution in [1.29, 1.82) is 0 Å². The zero-order valence-corrected chi connectivity index (χ0v) is 26.4. The lowest BCUT2D eigenvalue weighted by Gasteiger charge is -2.22. The molecule has 0 spiro atoms. The maximum absolute atomic E-state index is 12.4. The van der Waals surface area contributed by atoms with Crippen LogP contribution in [0.3, 0.4) is 0 Å². The topological polar surface area (TPSA) is 86.3 Å². The fourth-order valence-corrected chi connectivity index (χ4v) is 5.20. The molecule has 1 N–H and O–H groups in total. The van der Waals surface area contributed by atoms with Crippen LogP contribution in [0.1, 0.15) is 29.2 Å². The summed E-state index contributed by atoms with van der Waals surface area (Å²) in [4.78, 5) is 0. The molecule has 43 heavy (non-hydrogen) atoms. The molecular weight excluding hydrogens is 564 g/mol. The van der Waals surface area contributed by atoms with E-state index >= 15 is 0 Å². The molecular formula is C34H42N2O6S. The zero-order chi connectivity index (χ0) is 31.1. The lowest BCUT2D eigenvalue weighted by atomic mass is 10.2. The molecule has 0 unspecified atom stereocenters. The van der Waals surface area contributed by atoms with Crippen molar-refractivity contribution in [3.8, 4) is 23.0 Å². The van der Waals surface area contributed by atoms with Crippen molar-refractivity contribution in [3.63, 3.8) is 0 Å². The van der Waals surface area contributed by atoms with Crippen LogP contribution >= 0.6 is 0 Å². The zero-order valence-electron chi connectivity index (χ0n) is 25.6. The molecule has 0 aliphatic carbocycles. The van der Waals surface area contributed by atoms with E-state index in [2.05, 4.69) is 29.6 Å². The highest BCUT2D eigenvalue weighted by Gasteiger charge is 2.20. The summed E-state index contributed by atoms with van der Waals surface area (Å²) in [6, 6.07) is 31.0. The average Bonchev–Trinajstić information content (AvgIpc) is 3.06. The van der Waals surface area contributed by atoms with Crippen molar-refractivity contribution in [2.45, 2.75) is 33.1 Å². The third kappa shape index (κ3) is 10.9. The van der Waals surface area contributed by atoms with Gasteiger partial charge in [-0.05, 0) is 77.7 Å². The lowest BCUT2D eigenvalue weighted by Crippen LogP contribution is -2.31. The van der Waals surface area contributed by atoms with Crippen LogP contribution in [-0.4, -0.2) is 46.9 Å². The van der Waals surface area contributed by atoms with Crippen LogP contribution in [-0.2, 0) is 36.2 Å². The highest BCUT2D eigenvalue weighted by Crippen LogP contribution is 2.19. The first-order chi connectivity index (χ1) is 20.8. The Bertz CT molecular complexity index is 1360. The Morgan fingerprint density at radius 3 is 1.05 bits per heavy atom. The van der Waals surface area contributed by atoms with E-state index in [-0.39, 0.29) is 5.75 Å². The summed E-state index contributed by atoms with van der Waals surface area (Å²) in [7, 11) is 3.25. The normalized spacial score (nSPS) is 10.9. The van der Waals surface area contributed by atoms with Crippen LogP contribution in [0.5, 0.6) is 23.0 Å². The third-order valence-electron chi connectivity index (χ3n) is 6.77. The molecule has 4 aromatic carbocycles. The number of ether oxygens (including phenoxy) is 4. The Balaban J connectivity index is 0.000000242. The highest BCUT2D eigenvalue weighted by molar-refractivity contribution is 7.89. The van der Waals surface area contributed by atoms with Crippen molar-refractivity contribution >= 4 is 10.0 Å². The van der Waals surface area contributed by atoms with E-state index in [0.717, 1.165) is 47.2 Å². The second-order valence-corrected chi connectivity index (χ2v) is 11.9. The Kier molecular flexibility index (Phi) is 13.3. The van der Waals surface area contributed by atoms with Crippen LogP contribution < -0.4 is 24.3 Å². The molecule has 8 nitrogen and oxygen atoms in total. The smallest absolute Gasteiger partial charge is 0.214 e. The van der Waals surface area contributed by atoms with Gasteiger partial charge in [-0.2, -0.15) is 4.31 Å². The van der Waals surface area contributed by atoms with Gasteiger partial charge < -0.3 is 24.3 Å². The Hall–Kier alpha value is -4.05. The van der Waals surface area contributed by atoms with Crippen molar-refractivity contribution in [1.82, 2.24) is 9.62 Å². The average molecular weight is 607 g/mol. The minimum absolute atomic E-state index is 0.0688.